The number of rotatable bonds is 7. The van der Waals surface area contributed by atoms with E-state index in [0.29, 0.717) is 11.3 Å². The molecule has 3 rings (SSSR count). The Bertz CT molecular complexity index is 1190. The molecule has 0 saturated heterocycles. The van der Waals surface area contributed by atoms with Crippen LogP contribution in [0.15, 0.2) is 60.7 Å². The van der Waals surface area contributed by atoms with E-state index in [1.165, 1.54) is 12.1 Å². The normalized spacial score (nSPS) is 11.1. The Hall–Kier alpha value is -3.94. The van der Waals surface area contributed by atoms with E-state index >= 15 is 0 Å². The third-order valence-electron chi connectivity index (χ3n) is 4.78. The highest BCUT2D eigenvalue weighted by molar-refractivity contribution is 6.07. The summed E-state index contributed by atoms with van der Waals surface area (Å²) in [7, 11) is 0. The molecule has 178 valence electrons. The molecular formula is C26H28FN3O4. The van der Waals surface area contributed by atoms with Gasteiger partial charge in [0.05, 0.1) is 17.7 Å². The Balaban J connectivity index is 1.62. The lowest BCUT2D eigenvalue weighted by molar-refractivity contribution is -0.120. The number of hydrogen-bond acceptors (Lipinski definition) is 4. The Morgan fingerprint density at radius 2 is 1.50 bits per heavy atom. The molecule has 8 heteroatoms. The van der Waals surface area contributed by atoms with Gasteiger partial charge in [-0.15, -0.1) is 0 Å². The second kappa shape index (κ2) is 10.8. The van der Waals surface area contributed by atoms with E-state index in [0.717, 1.165) is 10.8 Å². The molecule has 0 spiro atoms. The van der Waals surface area contributed by atoms with E-state index in [9.17, 15) is 18.8 Å². The number of ether oxygens (including phenoxy) is 1. The SMILES string of the molecule is CC(C)(C)OC(=O)Nc1cc2ccccc2cc1C(=O)NCCNC(=O)Cc1ccc(F)cc1. The van der Waals surface area contributed by atoms with Crippen molar-refractivity contribution in [2.75, 3.05) is 18.4 Å². The number of amides is 3. The molecule has 0 aliphatic rings. The zero-order valence-corrected chi connectivity index (χ0v) is 19.4. The second-order valence-electron chi connectivity index (χ2n) is 8.78. The van der Waals surface area contributed by atoms with Crippen LogP contribution in [-0.2, 0) is 16.0 Å². The molecular weight excluding hydrogens is 437 g/mol. The van der Waals surface area contributed by atoms with Gasteiger partial charge in [0.2, 0.25) is 5.91 Å². The highest BCUT2D eigenvalue weighted by Gasteiger charge is 2.19. The molecule has 0 bridgehead atoms. The van der Waals surface area contributed by atoms with Crippen molar-refractivity contribution >= 4 is 34.4 Å². The van der Waals surface area contributed by atoms with Gasteiger partial charge in [-0.1, -0.05) is 36.4 Å². The number of hydrogen-bond donors (Lipinski definition) is 3. The predicted molar refractivity (Wildman–Crippen MR) is 129 cm³/mol. The molecule has 0 atom stereocenters. The van der Waals surface area contributed by atoms with Gasteiger partial charge in [0.1, 0.15) is 11.4 Å². The monoisotopic (exact) mass is 465 g/mol. The zero-order chi connectivity index (χ0) is 24.7. The first kappa shape index (κ1) is 24.7. The van der Waals surface area contributed by atoms with Crippen LogP contribution in [0.1, 0.15) is 36.7 Å². The van der Waals surface area contributed by atoms with Crippen LogP contribution in [0.3, 0.4) is 0 Å². The van der Waals surface area contributed by atoms with Gasteiger partial charge in [0, 0.05) is 13.1 Å². The fraction of sp³-hybridized carbons (Fsp3) is 0.269. The van der Waals surface area contributed by atoms with Gasteiger partial charge in [-0.05, 0) is 61.4 Å². The molecule has 7 nitrogen and oxygen atoms in total. The Kier molecular flexibility index (Phi) is 7.83. The van der Waals surface area contributed by atoms with Crippen LogP contribution >= 0.6 is 0 Å². The van der Waals surface area contributed by atoms with Gasteiger partial charge in [0.25, 0.3) is 5.91 Å². The molecule has 3 aromatic carbocycles. The highest BCUT2D eigenvalue weighted by atomic mass is 19.1. The van der Waals surface area contributed by atoms with Crippen LogP contribution < -0.4 is 16.0 Å². The molecule has 0 aliphatic carbocycles. The van der Waals surface area contributed by atoms with Crippen LogP contribution in [0.4, 0.5) is 14.9 Å². The molecule has 3 N–H and O–H groups in total. The van der Waals surface area contributed by atoms with Crippen molar-refractivity contribution in [3.05, 3.63) is 77.6 Å². The fourth-order valence-corrected chi connectivity index (χ4v) is 3.27. The molecule has 0 radical (unpaired) electrons. The first-order chi connectivity index (χ1) is 16.1. The van der Waals surface area contributed by atoms with Gasteiger partial charge in [-0.2, -0.15) is 0 Å². The van der Waals surface area contributed by atoms with Crippen molar-refractivity contribution in [3.8, 4) is 0 Å². The lowest BCUT2D eigenvalue weighted by Crippen LogP contribution is -2.35. The summed E-state index contributed by atoms with van der Waals surface area (Å²) in [6, 6.07) is 16.6. The van der Waals surface area contributed by atoms with Crippen LogP contribution in [0.2, 0.25) is 0 Å². The van der Waals surface area contributed by atoms with Crippen molar-refractivity contribution < 1.29 is 23.5 Å². The molecule has 0 fully saturated rings. The molecule has 0 unspecified atom stereocenters. The topological polar surface area (TPSA) is 96.5 Å². The number of carbonyl (C=O) groups excluding carboxylic acids is 3. The van der Waals surface area contributed by atoms with Gasteiger partial charge < -0.3 is 15.4 Å². The van der Waals surface area contributed by atoms with Crippen molar-refractivity contribution in [2.24, 2.45) is 0 Å². The summed E-state index contributed by atoms with van der Waals surface area (Å²) in [5, 5.41) is 9.84. The van der Waals surface area contributed by atoms with E-state index in [2.05, 4.69) is 16.0 Å². The quantitative estimate of drug-likeness (QED) is 0.450. The van der Waals surface area contributed by atoms with E-state index in [-0.39, 0.29) is 36.8 Å². The third kappa shape index (κ3) is 7.30. The van der Waals surface area contributed by atoms with Crippen LogP contribution in [0.25, 0.3) is 10.8 Å². The van der Waals surface area contributed by atoms with Gasteiger partial charge in [-0.25, -0.2) is 9.18 Å². The van der Waals surface area contributed by atoms with E-state index in [1.807, 2.05) is 24.3 Å². The average Bonchev–Trinajstić information content (AvgIpc) is 2.76. The molecule has 0 aliphatic heterocycles. The van der Waals surface area contributed by atoms with Crippen molar-refractivity contribution in [2.45, 2.75) is 32.8 Å². The zero-order valence-electron chi connectivity index (χ0n) is 19.4. The molecule has 0 aromatic heterocycles. The fourth-order valence-electron chi connectivity index (χ4n) is 3.27. The summed E-state index contributed by atoms with van der Waals surface area (Å²) in [4.78, 5) is 37.3. The average molecular weight is 466 g/mol. The number of benzene rings is 3. The summed E-state index contributed by atoms with van der Waals surface area (Å²) in [5.74, 6) is -0.996. The van der Waals surface area contributed by atoms with Crippen molar-refractivity contribution in [1.29, 1.82) is 0 Å². The first-order valence-electron chi connectivity index (χ1n) is 10.9. The summed E-state index contributed by atoms with van der Waals surface area (Å²) >= 11 is 0. The van der Waals surface area contributed by atoms with Crippen LogP contribution in [0.5, 0.6) is 0 Å². The smallest absolute Gasteiger partial charge is 0.412 e. The molecule has 34 heavy (non-hydrogen) atoms. The maximum absolute atomic E-state index is 13.0. The Morgan fingerprint density at radius 3 is 2.15 bits per heavy atom. The molecule has 3 amide bonds. The minimum absolute atomic E-state index is 0.114. The number of nitrogens with one attached hydrogen (secondary N) is 3. The van der Waals surface area contributed by atoms with Gasteiger partial charge in [-0.3, -0.25) is 14.9 Å². The minimum atomic E-state index is -0.685. The Labute approximate surface area is 197 Å². The van der Waals surface area contributed by atoms with E-state index in [1.54, 1.807) is 45.0 Å². The molecule has 0 heterocycles. The summed E-state index contributed by atoms with van der Waals surface area (Å²) in [6.07, 6.45) is -0.548. The second-order valence-corrected chi connectivity index (χ2v) is 8.78. The lowest BCUT2D eigenvalue weighted by Gasteiger charge is -2.20. The third-order valence-corrected chi connectivity index (χ3v) is 4.78. The number of carbonyl (C=O) groups is 3. The predicted octanol–water partition coefficient (Wildman–Crippen LogP) is 4.41. The van der Waals surface area contributed by atoms with E-state index < -0.39 is 17.6 Å². The minimum Gasteiger partial charge on any atom is -0.444 e. The summed E-state index contributed by atoms with van der Waals surface area (Å²) in [6.45, 7) is 5.67. The van der Waals surface area contributed by atoms with Crippen LogP contribution in [-0.4, -0.2) is 36.6 Å². The molecule has 3 aromatic rings. The maximum Gasteiger partial charge on any atom is 0.412 e. The number of halogens is 1. The van der Waals surface area contributed by atoms with Crippen molar-refractivity contribution in [1.82, 2.24) is 10.6 Å². The summed E-state index contributed by atoms with van der Waals surface area (Å²) in [5.41, 5.74) is 0.611. The highest BCUT2D eigenvalue weighted by Crippen LogP contribution is 2.25. The standard InChI is InChI=1S/C26H28FN3O4/c1-26(2,3)34-25(33)30-22-16-19-7-5-4-6-18(19)15-21(22)24(32)29-13-12-28-23(31)14-17-8-10-20(27)11-9-17/h4-11,15-16H,12-14H2,1-3H3,(H,28,31)(H,29,32)(H,30,33). The number of fused-ring (bicyclic) bond motifs is 1. The lowest BCUT2D eigenvalue weighted by atomic mass is 10.0. The van der Waals surface area contributed by atoms with Gasteiger partial charge >= 0.3 is 6.09 Å². The van der Waals surface area contributed by atoms with Gasteiger partial charge in [0.15, 0.2) is 0 Å². The first-order valence-corrected chi connectivity index (χ1v) is 10.9. The van der Waals surface area contributed by atoms with E-state index in [4.69, 9.17) is 4.74 Å². The Morgan fingerprint density at radius 1 is 0.882 bits per heavy atom. The maximum atomic E-state index is 13.0. The van der Waals surface area contributed by atoms with Crippen LogP contribution in [0, 0.1) is 5.82 Å². The molecule has 0 saturated carbocycles. The largest absolute Gasteiger partial charge is 0.444 e. The summed E-state index contributed by atoms with van der Waals surface area (Å²) < 4.78 is 18.3. The van der Waals surface area contributed by atoms with Crippen molar-refractivity contribution in [3.63, 3.8) is 0 Å². The number of anilines is 1.